The van der Waals surface area contributed by atoms with Gasteiger partial charge in [0.2, 0.25) is 0 Å². The summed E-state index contributed by atoms with van der Waals surface area (Å²) in [4.78, 5) is 0. The number of ether oxygens (including phenoxy) is 1. The molecule has 0 saturated heterocycles. The summed E-state index contributed by atoms with van der Waals surface area (Å²) in [5.74, 6) is 5.33. The Bertz CT molecular complexity index is 418. The second kappa shape index (κ2) is 5.53. The van der Waals surface area contributed by atoms with Crippen molar-refractivity contribution in [1.29, 1.82) is 0 Å². The Balaban J connectivity index is 2.17. The lowest BCUT2D eigenvalue weighted by molar-refractivity contribution is -0.0982. The highest BCUT2D eigenvalue weighted by molar-refractivity contribution is 6.31. The summed E-state index contributed by atoms with van der Waals surface area (Å²) in [6.45, 7) is 0. The number of nitrogens with two attached hydrogens (primary N) is 1. The third kappa shape index (κ3) is 2.52. The quantitative estimate of drug-likeness (QED) is 0.639. The van der Waals surface area contributed by atoms with Gasteiger partial charge in [-0.25, -0.2) is 4.39 Å². The van der Waals surface area contributed by atoms with Gasteiger partial charge in [0, 0.05) is 12.1 Å². The van der Waals surface area contributed by atoms with Crippen LogP contribution < -0.4 is 11.3 Å². The van der Waals surface area contributed by atoms with Gasteiger partial charge >= 0.3 is 0 Å². The van der Waals surface area contributed by atoms with Crippen LogP contribution in [-0.2, 0) is 11.2 Å². The first kappa shape index (κ1) is 13.7. The van der Waals surface area contributed by atoms with Crippen LogP contribution >= 0.6 is 11.6 Å². The smallest absolute Gasteiger partial charge is 0.123 e. The molecule has 1 atom stereocenters. The number of hydrogen-bond acceptors (Lipinski definition) is 3. The van der Waals surface area contributed by atoms with Crippen LogP contribution in [0, 0.1) is 5.82 Å². The van der Waals surface area contributed by atoms with Crippen LogP contribution in [0.4, 0.5) is 4.39 Å². The monoisotopic (exact) mass is 272 g/mol. The predicted octanol–water partition coefficient (Wildman–Crippen LogP) is 2.42. The molecule has 1 fully saturated rings. The lowest BCUT2D eigenvalue weighted by Crippen LogP contribution is -2.59. The molecule has 5 heteroatoms. The number of methoxy groups -OCH3 is 1. The topological polar surface area (TPSA) is 47.3 Å². The van der Waals surface area contributed by atoms with Gasteiger partial charge in [0.1, 0.15) is 5.82 Å². The molecule has 1 unspecified atom stereocenters. The van der Waals surface area contributed by atoms with Gasteiger partial charge in [-0.15, -0.1) is 0 Å². The zero-order valence-electron chi connectivity index (χ0n) is 10.4. The number of benzene rings is 1. The average molecular weight is 273 g/mol. The molecular formula is C13H18ClFN2O. The van der Waals surface area contributed by atoms with Crippen molar-refractivity contribution >= 4 is 11.6 Å². The van der Waals surface area contributed by atoms with Crippen molar-refractivity contribution in [3.05, 3.63) is 34.6 Å². The highest BCUT2D eigenvalue weighted by atomic mass is 35.5. The Morgan fingerprint density at radius 2 is 2.28 bits per heavy atom. The van der Waals surface area contributed by atoms with Crippen LogP contribution in [0.2, 0.25) is 5.02 Å². The number of rotatable bonds is 5. The Labute approximate surface area is 111 Å². The first-order valence-corrected chi connectivity index (χ1v) is 6.44. The summed E-state index contributed by atoms with van der Waals surface area (Å²) < 4.78 is 18.8. The number of hydrazine groups is 1. The van der Waals surface area contributed by atoms with Crippen molar-refractivity contribution in [2.24, 2.45) is 5.84 Å². The average Bonchev–Trinajstić information content (AvgIpc) is 2.31. The van der Waals surface area contributed by atoms with Crippen LogP contribution in [-0.4, -0.2) is 18.8 Å². The SMILES string of the molecule is COC1(C(Cc2cc(F)ccc2Cl)NN)CCC1. The van der Waals surface area contributed by atoms with E-state index >= 15 is 0 Å². The van der Waals surface area contributed by atoms with E-state index in [-0.39, 0.29) is 17.5 Å². The highest BCUT2D eigenvalue weighted by Crippen LogP contribution is 2.39. The van der Waals surface area contributed by atoms with Crippen molar-refractivity contribution in [2.75, 3.05) is 7.11 Å². The molecule has 1 aliphatic carbocycles. The van der Waals surface area contributed by atoms with Gasteiger partial charge in [-0.2, -0.15) is 0 Å². The van der Waals surface area contributed by atoms with Crippen molar-refractivity contribution in [3.8, 4) is 0 Å². The molecule has 0 spiro atoms. The molecule has 18 heavy (non-hydrogen) atoms. The first-order valence-electron chi connectivity index (χ1n) is 6.06. The summed E-state index contributed by atoms with van der Waals surface area (Å²) in [6, 6.07) is 4.32. The van der Waals surface area contributed by atoms with E-state index in [2.05, 4.69) is 5.43 Å². The van der Waals surface area contributed by atoms with Crippen molar-refractivity contribution in [3.63, 3.8) is 0 Å². The molecule has 2 rings (SSSR count). The Hall–Kier alpha value is -0.680. The van der Waals surface area contributed by atoms with Crippen LogP contribution in [0.3, 0.4) is 0 Å². The molecule has 0 bridgehead atoms. The number of halogens is 2. The molecule has 0 aliphatic heterocycles. The molecule has 0 aromatic heterocycles. The van der Waals surface area contributed by atoms with Gasteiger partial charge in [-0.05, 0) is 49.4 Å². The molecule has 3 N–H and O–H groups in total. The van der Waals surface area contributed by atoms with Gasteiger partial charge < -0.3 is 4.74 Å². The molecule has 0 amide bonds. The van der Waals surface area contributed by atoms with Crippen molar-refractivity contribution in [1.82, 2.24) is 5.43 Å². The van der Waals surface area contributed by atoms with E-state index in [1.165, 1.54) is 12.1 Å². The van der Waals surface area contributed by atoms with E-state index in [1.807, 2.05) is 0 Å². The normalized spacial score (nSPS) is 19.3. The van der Waals surface area contributed by atoms with Gasteiger partial charge in [0.05, 0.1) is 11.6 Å². The summed E-state index contributed by atoms with van der Waals surface area (Å²) in [6.07, 6.45) is 3.61. The fraction of sp³-hybridized carbons (Fsp3) is 0.538. The third-order valence-corrected chi connectivity index (χ3v) is 4.24. The van der Waals surface area contributed by atoms with E-state index in [0.29, 0.717) is 11.4 Å². The summed E-state index contributed by atoms with van der Waals surface area (Å²) >= 11 is 6.08. The largest absolute Gasteiger partial charge is 0.377 e. The summed E-state index contributed by atoms with van der Waals surface area (Å²) in [5, 5.41) is 0.558. The lowest BCUT2D eigenvalue weighted by Gasteiger charge is -2.46. The molecule has 0 heterocycles. The molecule has 1 saturated carbocycles. The van der Waals surface area contributed by atoms with Crippen LogP contribution in [0.5, 0.6) is 0 Å². The molecule has 100 valence electrons. The number of nitrogens with one attached hydrogen (secondary N) is 1. The van der Waals surface area contributed by atoms with Crippen LogP contribution in [0.1, 0.15) is 24.8 Å². The first-order chi connectivity index (χ1) is 8.61. The van der Waals surface area contributed by atoms with Crippen molar-refractivity contribution in [2.45, 2.75) is 37.3 Å². The fourth-order valence-corrected chi connectivity index (χ4v) is 2.73. The lowest BCUT2D eigenvalue weighted by atomic mass is 9.73. The molecule has 0 radical (unpaired) electrons. The van der Waals surface area contributed by atoms with E-state index in [0.717, 1.165) is 24.8 Å². The zero-order valence-corrected chi connectivity index (χ0v) is 11.1. The second-order valence-electron chi connectivity index (χ2n) is 4.78. The van der Waals surface area contributed by atoms with Crippen molar-refractivity contribution < 1.29 is 9.13 Å². The minimum atomic E-state index is -0.287. The standard InChI is InChI=1S/C13H18ClFN2O/c1-18-13(5-2-6-13)12(17-16)8-9-7-10(15)3-4-11(9)14/h3-4,7,12,17H,2,5-6,8,16H2,1H3. The van der Waals surface area contributed by atoms with Gasteiger partial charge in [0.15, 0.2) is 0 Å². The maximum absolute atomic E-state index is 13.2. The fourth-order valence-electron chi connectivity index (χ4n) is 2.54. The molecule has 1 aromatic carbocycles. The van der Waals surface area contributed by atoms with E-state index in [1.54, 1.807) is 13.2 Å². The minimum absolute atomic E-state index is 0.0597. The molecule has 1 aromatic rings. The van der Waals surface area contributed by atoms with Gasteiger partial charge in [-0.3, -0.25) is 11.3 Å². The summed E-state index contributed by atoms with van der Waals surface area (Å²) in [5.41, 5.74) is 3.29. The van der Waals surface area contributed by atoms with E-state index < -0.39 is 0 Å². The Morgan fingerprint density at radius 1 is 1.56 bits per heavy atom. The zero-order chi connectivity index (χ0) is 13.2. The molecule has 3 nitrogen and oxygen atoms in total. The molecular weight excluding hydrogens is 255 g/mol. The van der Waals surface area contributed by atoms with Gasteiger partial charge in [-0.1, -0.05) is 11.6 Å². The minimum Gasteiger partial charge on any atom is -0.377 e. The Morgan fingerprint density at radius 3 is 2.78 bits per heavy atom. The molecule has 1 aliphatic rings. The predicted molar refractivity (Wildman–Crippen MR) is 69.8 cm³/mol. The third-order valence-electron chi connectivity index (χ3n) is 3.87. The second-order valence-corrected chi connectivity index (χ2v) is 5.19. The number of hydrogen-bond donors (Lipinski definition) is 2. The van der Waals surface area contributed by atoms with E-state index in [9.17, 15) is 4.39 Å². The highest BCUT2D eigenvalue weighted by Gasteiger charge is 2.44. The maximum Gasteiger partial charge on any atom is 0.123 e. The van der Waals surface area contributed by atoms with E-state index in [4.69, 9.17) is 22.2 Å². The van der Waals surface area contributed by atoms with Crippen LogP contribution in [0.15, 0.2) is 18.2 Å². The maximum atomic E-state index is 13.2. The Kier molecular flexibility index (Phi) is 4.22. The van der Waals surface area contributed by atoms with Crippen LogP contribution in [0.25, 0.3) is 0 Å². The van der Waals surface area contributed by atoms with Gasteiger partial charge in [0.25, 0.3) is 0 Å². The summed E-state index contributed by atoms with van der Waals surface area (Å²) in [7, 11) is 1.69.